The Bertz CT molecular complexity index is 326. The van der Waals surface area contributed by atoms with E-state index < -0.39 is 5.54 Å². The second kappa shape index (κ2) is 9.96. The second-order valence-electron chi connectivity index (χ2n) is 7.20. The van der Waals surface area contributed by atoms with Crippen LogP contribution < -0.4 is 5.73 Å². The van der Waals surface area contributed by atoms with Gasteiger partial charge < -0.3 is 15.5 Å². The minimum Gasteiger partial charge on any atom is -0.341 e. The summed E-state index contributed by atoms with van der Waals surface area (Å²) < 4.78 is 0. The molecule has 0 aliphatic carbocycles. The summed E-state index contributed by atoms with van der Waals surface area (Å²) in [6.07, 6.45) is 7.82. The Balaban J connectivity index is 0.00000220. The fourth-order valence-corrected chi connectivity index (χ4v) is 3.49. The van der Waals surface area contributed by atoms with Crippen LogP contribution in [0.5, 0.6) is 0 Å². The highest BCUT2D eigenvalue weighted by Crippen LogP contribution is 2.21. The van der Waals surface area contributed by atoms with Gasteiger partial charge >= 0.3 is 0 Å². The van der Waals surface area contributed by atoms with Gasteiger partial charge in [0.05, 0.1) is 5.54 Å². The van der Waals surface area contributed by atoms with Crippen molar-refractivity contribution in [3.8, 4) is 0 Å². The molecular weight excluding hydrogens is 321 g/mol. The lowest BCUT2D eigenvalue weighted by Crippen LogP contribution is -2.54. The van der Waals surface area contributed by atoms with Crippen molar-refractivity contribution in [1.29, 1.82) is 0 Å². The van der Waals surface area contributed by atoms with E-state index in [2.05, 4.69) is 4.90 Å². The predicted molar refractivity (Wildman–Crippen MR) is 97.0 cm³/mol. The molecule has 0 bridgehead atoms. The molecule has 0 aromatic rings. The van der Waals surface area contributed by atoms with Crippen LogP contribution in [0.25, 0.3) is 0 Å². The average Bonchev–Trinajstić information content (AvgIpc) is 2.66. The number of likely N-dealkylation sites (tertiary alicyclic amines) is 2. The van der Waals surface area contributed by atoms with Gasteiger partial charge in [0.15, 0.2) is 0 Å². The Morgan fingerprint density at radius 3 is 2.18 bits per heavy atom. The predicted octanol–water partition coefficient (Wildman–Crippen LogP) is 2.68. The summed E-state index contributed by atoms with van der Waals surface area (Å²) in [6, 6.07) is 0. The number of hydrogen-bond donors (Lipinski definition) is 1. The van der Waals surface area contributed by atoms with Crippen molar-refractivity contribution in [2.45, 2.75) is 57.9 Å². The summed E-state index contributed by atoms with van der Waals surface area (Å²) >= 11 is 0. The van der Waals surface area contributed by atoms with Gasteiger partial charge in [-0.05, 0) is 58.5 Å². The van der Waals surface area contributed by atoms with Crippen LogP contribution in [0.2, 0.25) is 0 Å². The van der Waals surface area contributed by atoms with Gasteiger partial charge in [0.1, 0.15) is 0 Å². The standard InChI is InChI=1S/C16H31N3O.2ClH/c1-16(2,17)15(20)19-11-7-8-14(13-19)12-18-9-5-3-4-6-10-18;;/h14H,3-13,17H2,1-2H3;2*1H. The molecule has 0 radical (unpaired) electrons. The lowest BCUT2D eigenvalue weighted by Gasteiger charge is -2.38. The van der Waals surface area contributed by atoms with Crippen molar-refractivity contribution in [1.82, 2.24) is 9.80 Å². The fourth-order valence-electron chi connectivity index (χ4n) is 3.49. The van der Waals surface area contributed by atoms with E-state index in [1.165, 1.54) is 45.2 Å². The Hall–Kier alpha value is -0.0300. The smallest absolute Gasteiger partial charge is 0.242 e. The average molecular weight is 354 g/mol. The number of hydrogen-bond acceptors (Lipinski definition) is 3. The van der Waals surface area contributed by atoms with Crippen LogP contribution in [0.3, 0.4) is 0 Å². The number of rotatable bonds is 3. The molecule has 4 nitrogen and oxygen atoms in total. The van der Waals surface area contributed by atoms with Crippen LogP contribution in [0.4, 0.5) is 0 Å². The third kappa shape index (κ3) is 6.61. The number of carbonyl (C=O) groups excluding carboxylic acids is 1. The van der Waals surface area contributed by atoms with Gasteiger partial charge in [-0.1, -0.05) is 12.8 Å². The van der Waals surface area contributed by atoms with Crippen LogP contribution in [-0.4, -0.2) is 54.0 Å². The normalized spacial score (nSPS) is 24.0. The largest absolute Gasteiger partial charge is 0.341 e. The minimum absolute atomic E-state index is 0. The van der Waals surface area contributed by atoms with Gasteiger partial charge in [0, 0.05) is 19.6 Å². The third-order valence-corrected chi connectivity index (χ3v) is 4.57. The molecule has 2 N–H and O–H groups in total. The third-order valence-electron chi connectivity index (χ3n) is 4.57. The van der Waals surface area contributed by atoms with E-state index in [4.69, 9.17) is 5.73 Å². The summed E-state index contributed by atoms with van der Waals surface area (Å²) in [7, 11) is 0. The molecule has 2 aliphatic rings. The highest BCUT2D eigenvalue weighted by atomic mass is 35.5. The highest BCUT2D eigenvalue weighted by Gasteiger charge is 2.31. The van der Waals surface area contributed by atoms with Gasteiger partial charge in [0.2, 0.25) is 5.91 Å². The van der Waals surface area contributed by atoms with Crippen molar-refractivity contribution < 1.29 is 4.79 Å². The van der Waals surface area contributed by atoms with Gasteiger partial charge in [-0.3, -0.25) is 4.79 Å². The van der Waals surface area contributed by atoms with E-state index in [0.717, 1.165) is 26.1 Å². The molecule has 1 unspecified atom stereocenters. The number of halogens is 2. The fraction of sp³-hybridized carbons (Fsp3) is 0.938. The summed E-state index contributed by atoms with van der Waals surface area (Å²) in [5.74, 6) is 0.742. The topological polar surface area (TPSA) is 49.6 Å². The molecule has 1 atom stereocenters. The van der Waals surface area contributed by atoms with E-state index in [0.29, 0.717) is 5.92 Å². The lowest BCUT2D eigenvalue weighted by molar-refractivity contribution is -0.137. The zero-order valence-electron chi connectivity index (χ0n) is 14.1. The molecule has 0 spiro atoms. The Morgan fingerprint density at radius 2 is 1.64 bits per heavy atom. The monoisotopic (exact) mass is 353 g/mol. The van der Waals surface area contributed by atoms with Crippen molar-refractivity contribution in [3.05, 3.63) is 0 Å². The second-order valence-corrected chi connectivity index (χ2v) is 7.20. The first-order chi connectivity index (χ1) is 9.47. The van der Waals surface area contributed by atoms with Crippen LogP contribution in [0, 0.1) is 5.92 Å². The molecule has 0 aromatic carbocycles. The van der Waals surface area contributed by atoms with Gasteiger partial charge in [-0.15, -0.1) is 24.8 Å². The van der Waals surface area contributed by atoms with Gasteiger partial charge in [-0.2, -0.15) is 0 Å². The molecule has 2 saturated heterocycles. The molecule has 6 heteroatoms. The maximum Gasteiger partial charge on any atom is 0.242 e. The summed E-state index contributed by atoms with van der Waals surface area (Å²) in [5, 5.41) is 0. The molecule has 22 heavy (non-hydrogen) atoms. The minimum atomic E-state index is -0.732. The van der Waals surface area contributed by atoms with E-state index >= 15 is 0 Å². The lowest BCUT2D eigenvalue weighted by atomic mass is 9.95. The van der Waals surface area contributed by atoms with Crippen molar-refractivity contribution >= 4 is 30.7 Å². The molecule has 0 saturated carbocycles. The van der Waals surface area contributed by atoms with Crippen LogP contribution in [0.15, 0.2) is 0 Å². The summed E-state index contributed by atoms with van der Waals surface area (Å²) in [4.78, 5) is 16.9. The molecule has 0 aromatic heterocycles. The van der Waals surface area contributed by atoms with Crippen LogP contribution in [-0.2, 0) is 4.79 Å². The van der Waals surface area contributed by atoms with E-state index in [9.17, 15) is 4.79 Å². The molecule has 2 fully saturated rings. The van der Waals surface area contributed by atoms with Crippen molar-refractivity contribution in [2.24, 2.45) is 11.7 Å². The van der Waals surface area contributed by atoms with E-state index in [-0.39, 0.29) is 30.7 Å². The van der Waals surface area contributed by atoms with Crippen molar-refractivity contribution in [2.75, 3.05) is 32.7 Å². The SMILES string of the molecule is CC(C)(N)C(=O)N1CCCC(CN2CCCCCC2)C1.Cl.Cl. The quantitative estimate of drug-likeness (QED) is 0.848. The first kappa shape index (κ1) is 22.0. The molecule has 2 rings (SSSR count). The molecular formula is C16H33Cl2N3O. The van der Waals surface area contributed by atoms with Crippen LogP contribution >= 0.6 is 24.8 Å². The number of nitrogens with zero attached hydrogens (tertiary/aromatic N) is 2. The Morgan fingerprint density at radius 1 is 1.05 bits per heavy atom. The molecule has 2 heterocycles. The highest BCUT2D eigenvalue weighted by molar-refractivity contribution is 5.86. The maximum absolute atomic E-state index is 12.3. The van der Waals surface area contributed by atoms with E-state index in [1.54, 1.807) is 0 Å². The molecule has 1 amide bonds. The van der Waals surface area contributed by atoms with Crippen LogP contribution in [0.1, 0.15) is 52.4 Å². The zero-order chi connectivity index (χ0) is 14.6. The van der Waals surface area contributed by atoms with Crippen molar-refractivity contribution in [3.63, 3.8) is 0 Å². The number of piperidine rings is 1. The summed E-state index contributed by atoms with van der Waals surface area (Å²) in [5.41, 5.74) is 5.23. The van der Waals surface area contributed by atoms with Gasteiger partial charge in [-0.25, -0.2) is 0 Å². The first-order valence-electron chi connectivity index (χ1n) is 8.27. The number of amides is 1. The zero-order valence-corrected chi connectivity index (χ0v) is 15.7. The first-order valence-corrected chi connectivity index (χ1v) is 8.27. The number of carbonyl (C=O) groups is 1. The number of nitrogens with two attached hydrogens (primary N) is 1. The Kier molecular flexibility index (Phi) is 9.95. The van der Waals surface area contributed by atoms with Gasteiger partial charge in [0.25, 0.3) is 0 Å². The maximum atomic E-state index is 12.3. The van der Waals surface area contributed by atoms with E-state index in [1.807, 2.05) is 18.7 Å². The summed E-state index contributed by atoms with van der Waals surface area (Å²) in [6.45, 7) is 9.06. The molecule has 2 aliphatic heterocycles. The Labute approximate surface area is 148 Å². The molecule has 132 valence electrons.